The minimum absolute atomic E-state index is 0.922. The highest BCUT2D eigenvalue weighted by molar-refractivity contribution is 7.99. The van der Waals surface area contributed by atoms with Crippen molar-refractivity contribution >= 4 is 66.2 Å². The van der Waals surface area contributed by atoms with Gasteiger partial charge in [0.05, 0.1) is 32.6 Å². The van der Waals surface area contributed by atoms with Gasteiger partial charge in [0.15, 0.2) is 0 Å². The van der Waals surface area contributed by atoms with Crippen molar-refractivity contribution in [2.75, 3.05) is 5.75 Å². The Labute approximate surface area is 203 Å². The maximum atomic E-state index is 5.42. The number of benzene rings is 3. The minimum Gasteiger partial charge on any atom is -0.356 e. The summed E-state index contributed by atoms with van der Waals surface area (Å²) in [5.74, 6) is 1.11. The molecule has 4 nitrogen and oxygen atoms in total. The third kappa shape index (κ3) is 2.50. The van der Waals surface area contributed by atoms with Crippen molar-refractivity contribution in [1.82, 2.24) is 19.9 Å². The van der Waals surface area contributed by atoms with Crippen LogP contribution in [0.5, 0.6) is 0 Å². The highest BCUT2D eigenvalue weighted by atomic mass is 32.2. The molecule has 2 N–H and O–H groups in total. The normalized spacial score (nSPS) is 13.5. The van der Waals surface area contributed by atoms with Crippen LogP contribution in [-0.4, -0.2) is 25.7 Å². The van der Waals surface area contributed by atoms with Crippen LogP contribution in [0.15, 0.2) is 77.0 Å². The highest BCUT2D eigenvalue weighted by Gasteiger charge is 2.26. The summed E-state index contributed by atoms with van der Waals surface area (Å²) in [4.78, 5) is 19.6. The monoisotopic (exact) mass is 474 g/mol. The molecule has 0 unspecified atom stereocenters. The van der Waals surface area contributed by atoms with E-state index in [1.165, 1.54) is 26.1 Å². The molecule has 0 atom stereocenters. The zero-order valence-corrected chi connectivity index (χ0v) is 19.7. The van der Waals surface area contributed by atoms with E-state index in [1.807, 2.05) is 23.9 Å². The van der Waals surface area contributed by atoms with E-state index in [9.17, 15) is 0 Å². The first-order chi connectivity index (χ1) is 16.9. The van der Waals surface area contributed by atoms with Crippen molar-refractivity contribution in [3.05, 3.63) is 77.8 Å². The molecular weight excluding hydrogens is 456 g/mol. The van der Waals surface area contributed by atoms with Gasteiger partial charge >= 0.3 is 0 Å². The number of aromatic nitrogens is 4. The average Bonchev–Trinajstić information content (AvgIpc) is 3.65. The Hall–Kier alpha value is -3.61. The van der Waals surface area contributed by atoms with Crippen LogP contribution in [0.4, 0.5) is 0 Å². The van der Waals surface area contributed by atoms with Crippen LogP contribution >= 0.6 is 23.1 Å². The van der Waals surface area contributed by atoms with Crippen LogP contribution in [0, 0.1) is 0 Å². The second kappa shape index (κ2) is 6.95. The second-order valence-corrected chi connectivity index (χ2v) is 10.7. The molecule has 6 heteroatoms. The Morgan fingerprint density at radius 3 is 2.06 bits per heavy atom. The van der Waals surface area contributed by atoms with Gasteiger partial charge in [-0.2, -0.15) is 0 Å². The van der Waals surface area contributed by atoms with Crippen molar-refractivity contribution in [2.45, 2.75) is 11.3 Å². The summed E-state index contributed by atoms with van der Waals surface area (Å²) in [7, 11) is 0. The van der Waals surface area contributed by atoms with Crippen LogP contribution in [0.2, 0.25) is 0 Å². The summed E-state index contributed by atoms with van der Waals surface area (Å²) in [6, 6.07) is 23.0. The number of hydrogen-bond acceptors (Lipinski definition) is 4. The zero-order chi connectivity index (χ0) is 22.2. The Balaban J connectivity index is 1.62. The summed E-state index contributed by atoms with van der Waals surface area (Å²) in [6.07, 6.45) is 1.06. The second-order valence-electron chi connectivity index (χ2n) is 8.67. The molecule has 0 saturated carbocycles. The first kappa shape index (κ1) is 18.8. The van der Waals surface area contributed by atoms with Crippen LogP contribution in [0.3, 0.4) is 0 Å². The third-order valence-corrected chi connectivity index (χ3v) is 8.82. The highest BCUT2D eigenvalue weighted by Crippen LogP contribution is 2.47. The van der Waals surface area contributed by atoms with Gasteiger partial charge in [-0.05, 0) is 17.9 Å². The molecule has 5 heterocycles. The van der Waals surface area contributed by atoms with E-state index in [0.717, 1.165) is 62.3 Å². The van der Waals surface area contributed by atoms with Crippen molar-refractivity contribution < 1.29 is 0 Å². The smallest absolute Gasteiger partial charge is 0.101 e. The lowest BCUT2D eigenvalue weighted by Crippen LogP contribution is -1.97. The molecule has 0 saturated heterocycles. The minimum atomic E-state index is 0.922. The number of aromatic amines is 2. The number of thioether (sulfide) groups is 1. The molecule has 7 aromatic rings. The van der Waals surface area contributed by atoms with E-state index in [2.05, 4.69) is 69.9 Å². The summed E-state index contributed by atoms with van der Waals surface area (Å²) in [5, 5.41) is 4.52. The van der Waals surface area contributed by atoms with Gasteiger partial charge in [0.1, 0.15) is 11.0 Å². The SMILES string of the molecule is c1ccc(-c2nc3c(nc2-c2ccccc2)c2c([nH]c4ccsc42)c2[nH]c4c(c32)SCC4)cc1. The van der Waals surface area contributed by atoms with Crippen molar-refractivity contribution in [1.29, 1.82) is 0 Å². The molecule has 3 aromatic carbocycles. The van der Waals surface area contributed by atoms with Gasteiger partial charge < -0.3 is 9.97 Å². The van der Waals surface area contributed by atoms with Gasteiger partial charge in [-0.3, -0.25) is 0 Å². The lowest BCUT2D eigenvalue weighted by atomic mass is 10.0. The summed E-state index contributed by atoms with van der Waals surface area (Å²) in [5.41, 5.74) is 10.7. The van der Waals surface area contributed by atoms with Gasteiger partial charge in [-0.25, -0.2) is 9.97 Å². The van der Waals surface area contributed by atoms with Gasteiger partial charge in [0.2, 0.25) is 0 Å². The molecule has 0 amide bonds. The lowest BCUT2D eigenvalue weighted by Gasteiger charge is -2.12. The molecule has 0 spiro atoms. The van der Waals surface area contributed by atoms with Crippen molar-refractivity contribution in [3.8, 4) is 22.5 Å². The zero-order valence-electron chi connectivity index (χ0n) is 18.1. The molecule has 0 bridgehead atoms. The lowest BCUT2D eigenvalue weighted by molar-refractivity contribution is 1.08. The topological polar surface area (TPSA) is 57.4 Å². The Morgan fingerprint density at radius 1 is 0.706 bits per heavy atom. The molecule has 1 aliphatic heterocycles. The summed E-state index contributed by atoms with van der Waals surface area (Å²) in [6.45, 7) is 0. The fourth-order valence-corrected chi connectivity index (χ4v) is 7.33. The quantitative estimate of drug-likeness (QED) is 0.269. The number of rotatable bonds is 2. The predicted molar refractivity (Wildman–Crippen MR) is 144 cm³/mol. The van der Waals surface area contributed by atoms with Gasteiger partial charge in [0.25, 0.3) is 0 Å². The van der Waals surface area contributed by atoms with E-state index in [0.29, 0.717) is 0 Å². The van der Waals surface area contributed by atoms with E-state index in [4.69, 9.17) is 9.97 Å². The number of nitrogens with zero attached hydrogens (tertiary/aromatic N) is 2. The molecule has 0 radical (unpaired) electrons. The number of thiophene rings is 1. The molecule has 162 valence electrons. The van der Waals surface area contributed by atoms with E-state index in [-0.39, 0.29) is 0 Å². The average molecular weight is 475 g/mol. The maximum absolute atomic E-state index is 5.42. The van der Waals surface area contributed by atoms with Crippen molar-refractivity contribution in [3.63, 3.8) is 0 Å². The van der Waals surface area contributed by atoms with E-state index >= 15 is 0 Å². The van der Waals surface area contributed by atoms with Crippen LogP contribution < -0.4 is 0 Å². The number of aryl methyl sites for hydroxylation is 1. The fraction of sp³-hybridized carbons (Fsp3) is 0.0714. The van der Waals surface area contributed by atoms with E-state index in [1.54, 1.807) is 11.3 Å². The van der Waals surface area contributed by atoms with Gasteiger partial charge in [0, 0.05) is 38.2 Å². The van der Waals surface area contributed by atoms with Gasteiger partial charge in [-0.15, -0.1) is 23.1 Å². The fourth-order valence-electron chi connectivity index (χ4n) is 5.24. The summed E-state index contributed by atoms with van der Waals surface area (Å²) < 4.78 is 1.24. The maximum Gasteiger partial charge on any atom is 0.101 e. The van der Waals surface area contributed by atoms with Crippen molar-refractivity contribution in [2.24, 2.45) is 0 Å². The standard InChI is InChI=1S/C28H18N4S2/c1-3-7-15(8-4-1)21-22(16-9-5-2-6-10-16)32-26-20-24(30-18-12-14-34-28(18)20)23-19(25(26)31-21)27-17(29-23)11-13-33-27/h1-11,13,29-30H,12,14H2. The third-order valence-electron chi connectivity index (χ3n) is 6.74. The molecule has 34 heavy (non-hydrogen) atoms. The molecule has 1 aliphatic rings. The van der Waals surface area contributed by atoms with Crippen LogP contribution in [-0.2, 0) is 6.42 Å². The number of nitrogens with one attached hydrogen (secondary N) is 2. The molecule has 4 aromatic heterocycles. The molecule has 8 rings (SSSR count). The largest absolute Gasteiger partial charge is 0.356 e. The van der Waals surface area contributed by atoms with Gasteiger partial charge in [-0.1, -0.05) is 60.7 Å². The predicted octanol–water partition coefficient (Wildman–Crippen LogP) is 7.79. The molecule has 0 fully saturated rings. The Bertz CT molecular complexity index is 1880. The first-order valence-corrected chi connectivity index (χ1v) is 13.2. The summed E-state index contributed by atoms with van der Waals surface area (Å²) >= 11 is 3.69. The van der Waals surface area contributed by atoms with E-state index < -0.39 is 0 Å². The number of H-pyrrole nitrogens is 2. The Kier molecular flexibility index (Phi) is 3.84. The Morgan fingerprint density at radius 2 is 1.35 bits per heavy atom. The number of hydrogen-bond donors (Lipinski definition) is 2. The number of fused-ring (bicyclic) bond motifs is 10. The van der Waals surface area contributed by atoms with Crippen LogP contribution in [0.1, 0.15) is 5.69 Å². The van der Waals surface area contributed by atoms with Crippen LogP contribution in [0.25, 0.3) is 65.6 Å². The first-order valence-electron chi connectivity index (χ1n) is 11.4. The molecular formula is C28H18N4S2. The molecule has 0 aliphatic carbocycles.